The minimum Gasteiger partial charge on any atom is -0.507 e. The van der Waals surface area contributed by atoms with Gasteiger partial charge in [0.05, 0.1) is 0 Å². The van der Waals surface area contributed by atoms with Crippen LogP contribution in [-0.4, -0.2) is 10.2 Å². The second-order valence-corrected chi connectivity index (χ2v) is 6.48. The number of unbranched alkanes of at least 4 members (excludes halogenated alkanes) is 2. The third kappa shape index (κ3) is 3.73. The first-order valence-corrected chi connectivity index (χ1v) is 8.41. The van der Waals surface area contributed by atoms with Crippen LogP contribution in [0.5, 0.6) is 11.5 Å². The summed E-state index contributed by atoms with van der Waals surface area (Å²) in [6.07, 6.45) is 10.5. The Kier molecular flexibility index (Phi) is 5.70. The molecule has 0 amide bonds. The molecular weight excluding hydrogens is 272 g/mol. The van der Waals surface area contributed by atoms with Crippen molar-refractivity contribution < 1.29 is 10.2 Å². The summed E-state index contributed by atoms with van der Waals surface area (Å²) >= 11 is 0. The molecule has 1 aromatic rings. The Balaban J connectivity index is 2.30. The molecule has 22 heavy (non-hydrogen) atoms. The molecule has 0 bridgehead atoms. The number of hydrogen-bond donors (Lipinski definition) is 2. The van der Waals surface area contributed by atoms with E-state index in [0.29, 0.717) is 5.56 Å². The molecule has 0 spiro atoms. The van der Waals surface area contributed by atoms with Gasteiger partial charge in [-0.15, -0.1) is 6.58 Å². The molecule has 1 aromatic carbocycles. The summed E-state index contributed by atoms with van der Waals surface area (Å²) in [7, 11) is 0. The molecule has 0 aromatic heterocycles. The molecule has 2 atom stereocenters. The third-order valence-electron chi connectivity index (χ3n) is 4.70. The highest BCUT2D eigenvalue weighted by Gasteiger charge is 2.27. The van der Waals surface area contributed by atoms with Gasteiger partial charge in [0.15, 0.2) is 0 Å². The van der Waals surface area contributed by atoms with E-state index in [1.54, 1.807) is 0 Å². The van der Waals surface area contributed by atoms with E-state index in [2.05, 4.69) is 26.5 Å². The predicted octanol–water partition coefficient (Wildman–Crippen LogP) is 5.46. The van der Waals surface area contributed by atoms with Crippen LogP contribution in [0.25, 0.3) is 0 Å². The lowest BCUT2D eigenvalue weighted by atomic mass is 9.76. The Hall–Kier alpha value is -1.70. The summed E-state index contributed by atoms with van der Waals surface area (Å²) in [5, 5.41) is 20.9. The molecule has 120 valence electrons. The first kappa shape index (κ1) is 16.7. The van der Waals surface area contributed by atoms with Gasteiger partial charge in [-0.1, -0.05) is 37.5 Å². The number of phenolic OH excluding ortho intramolecular Hbond substituents is 2. The van der Waals surface area contributed by atoms with Gasteiger partial charge in [0.2, 0.25) is 0 Å². The highest BCUT2D eigenvalue weighted by atomic mass is 16.3. The Morgan fingerprint density at radius 3 is 2.50 bits per heavy atom. The summed E-state index contributed by atoms with van der Waals surface area (Å²) in [6.45, 7) is 8.20. The minimum atomic E-state index is 0.0240. The summed E-state index contributed by atoms with van der Waals surface area (Å²) in [4.78, 5) is 0. The largest absolute Gasteiger partial charge is 0.507 e. The summed E-state index contributed by atoms with van der Waals surface area (Å²) in [5.74, 6) is 0.728. The van der Waals surface area contributed by atoms with E-state index in [1.165, 1.54) is 18.4 Å². The Bertz CT molecular complexity index is 534. The first-order valence-electron chi connectivity index (χ1n) is 8.41. The fourth-order valence-corrected chi connectivity index (χ4v) is 3.39. The van der Waals surface area contributed by atoms with E-state index in [4.69, 9.17) is 0 Å². The molecule has 0 fully saturated rings. The second-order valence-electron chi connectivity index (χ2n) is 6.48. The molecule has 2 rings (SSSR count). The standard InChI is InChI=1S/C20H28O2/c1-4-6-7-8-15-12-18(21)20(19(22)13-15)17-11-14(3)9-10-16(17)5-2/h5,11-13,16-17,21-22H,2,4,6-10H2,1,3H3/t16-,17-/m1/s1. The highest BCUT2D eigenvalue weighted by Crippen LogP contribution is 2.44. The number of hydrogen-bond acceptors (Lipinski definition) is 2. The van der Waals surface area contributed by atoms with Crippen molar-refractivity contribution in [1.29, 1.82) is 0 Å². The number of benzene rings is 1. The van der Waals surface area contributed by atoms with Gasteiger partial charge in [0.1, 0.15) is 11.5 Å². The third-order valence-corrected chi connectivity index (χ3v) is 4.70. The molecule has 0 saturated carbocycles. The quantitative estimate of drug-likeness (QED) is 0.541. The van der Waals surface area contributed by atoms with E-state index in [0.717, 1.165) is 31.2 Å². The maximum absolute atomic E-state index is 10.5. The van der Waals surface area contributed by atoms with E-state index in [-0.39, 0.29) is 23.3 Å². The highest BCUT2D eigenvalue weighted by molar-refractivity contribution is 5.51. The average Bonchev–Trinajstić information content (AvgIpc) is 2.47. The molecule has 2 nitrogen and oxygen atoms in total. The maximum atomic E-state index is 10.5. The van der Waals surface area contributed by atoms with E-state index < -0.39 is 0 Å². The zero-order chi connectivity index (χ0) is 16.1. The van der Waals surface area contributed by atoms with Crippen LogP contribution in [0.4, 0.5) is 0 Å². The topological polar surface area (TPSA) is 40.5 Å². The molecule has 0 unspecified atom stereocenters. The van der Waals surface area contributed by atoms with Crippen molar-refractivity contribution in [3.05, 3.63) is 47.6 Å². The molecule has 2 N–H and O–H groups in total. The predicted molar refractivity (Wildman–Crippen MR) is 92.4 cm³/mol. The van der Waals surface area contributed by atoms with Crippen LogP contribution in [0.2, 0.25) is 0 Å². The van der Waals surface area contributed by atoms with Crippen LogP contribution in [0.15, 0.2) is 36.4 Å². The van der Waals surface area contributed by atoms with Crippen molar-refractivity contribution in [3.63, 3.8) is 0 Å². The van der Waals surface area contributed by atoms with Crippen LogP contribution in [0, 0.1) is 5.92 Å². The normalized spacial score (nSPS) is 21.5. The number of allylic oxidation sites excluding steroid dienone is 3. The zero-order valence-electron chi connectivity index (χ0n) is 13.8. The molecule has 0 radical (unpaired) electrons. The molecule has 0 heterocycles. The van der Waals surface area contributed by atoms with Gasteiger partial charge in [-0.2, -0.15) is 0 Å². The van der Waals surface area contributed by atoms with Gasteiger partial charge < -0.3 is 10.2 Å². The Labute approximate surface area is 134 Å². The second kappa shape index (κ2) is 7.53. The van der Waals surface area contributed by atoms with Crippen molar-refractivity contribution in [2.24, 2.45) is 5.92 Å². The van der Waals surface area contributed by atoms with Crippen LogP contribution in [-0.2, 0) is 6.42 Å². The van der Waals surface area contributed by atoms with Crippen LogP contribution < -0.4 is 0 Å². The van der Waals surface area contributed by atoms with Gasteiger partial charge in [0, 0.05) is 11.5 Å². The van der Waals surface area contributed by atoms with Gasteiger partial charge in [-0.25, -0.2) is 0 Å². The smallest absolute Gasteiger partial charge is 0.123 e. The Morgan fingerprint density at radius 2 is 1.91 bits per heavy atom. The lowest BCUT2D eigenvalue weighted by Gasteiger charge is -2.28. The van der Waals surface area contributed by atoms with Crippen molar-refractivity contribution in [3.8, 4) is 11.5 Å². The number of rotatable bonds is 6. The van der Waals surface area contributed by atoms with E-state index in [9.17, 15) is 10.2 Å². The number of aromatic hydroxyl groups is 2. The van der Waals surface area contributed by atoms with Crippen molar-refractivity contribution in [2.45, 2.75) is 58.3 Å². The maximum Gasteiger partial charge on any atom is 0.123 e. The molecule has 1 aliphatic rings. The Morgan fingerprint density at radius 1 is 1.23 bits per heavy atom. The van der Waals surface area contributed by atoms with E-state index in [1.807, 2.05) is 18.2 Å². The lowest BCUT2D eigenvalue weighted by molar-refractivity contribution is 0.411. The van der Waals surface area contributed by atoms with Crippen LogP contribution >= 0.6 is 0 Å². The van der Waals surface area contributed by atoms with Crippen molar-refractivity contribution in [2.75, 3.05) is 0 Å². The van der Waals surface area contributed by atoms with E-state index >= 15 is 0 Å². The monoisotopic (exact) mass is 300 g/mol. The van der Waals surface area contributed by atoms with Gasteiger partial charge in [-0.3, -0.25) is 0 Å². The summed E-state index contributed by atoms with van der Waals surface area (Å²) in [6, 6.07) is 3.64. The zero-order valence-corrected chi connectivity index (χ0v) is 13.8. The molecule has 0 saturated heterocycles. The van der Waals surface area contributed by atoms with Gasteiger partial charge >= 0.3 is 0 Å². The SMILES string of the molecule is C=C[C@@H]1CCC(C)=C[C@H]1c1c(O)cc(CCCCC)cc1O. The average molecular weight is 300 g/mol. The molecule has 0 aliphatic heterocycles. The van der Waals surface area contributed by atoms with Crippen LogP contribution in [0.1, 0.15) is 63.0 Å². The molecule has 2 heteroatoms. The number of phenols is 2. The lowest BCUT2D eigenvalue weighted by Crippen LogP contribution is -2.14. The number of aryl methyl sites for hydroxylation is 1. The fraction of sp³-hybridized carbons (Fsp3) is 0.500. The van der Waals surface area contributed by atoms with Gasteiger partial charge in [0.25, 0.3) is 0 Å². The van der Waals surface area contributed by atoms with Crippen LogP contribution in [0.3, 0.4) is 0 Å². The van der Waals surface area contributed by atoms with Gasteiger partial charge in [-0.05, 0) is 56.2 Å². The molecular formula is C20H28O2. The first-order chi connectivity index (χ1) is 10.6. The fourth-order valence-electron chi connectivity index (χ4n) is 3.39. The minimum absolute atomic E-state index is 0.0240. The summed E-state index contributed by atoms with van der Waals surface area (Å²) in [5.41, 5.74) is 2.98. The summed E-state index contributed by atoms with van der Waals surface area (Å²) < 4.78 is 0. The van der Waals surface area contributed by atoms with Crippen molar-refractivity contribution >= 4 is 0 Å². The molecule has 1 aliphatic carbocycles. The van der Waals surface area contributed by atoms with Crippen molar-refractivity contribution in [1.82, 2.24) is 0 Å².